The molecule has 0 unspecified atom stereocenters. The highest BCUT2D eigenvalue weighted by molar-refractivity contribution is 5.62. The van der Waals surface area contributed by atoms with E-state index in [-0.39, 0.29) is 0 Å². The van der Waals surface area contributed by atoms with Gasteiger partial charge >= 0.3 is 0 Å². The van der Waals surface area contributed by atoms with Gasteiger partial charge in [-0.1, -0.05) is 11.3 Å². The zero-order chi connectivity index (χ0) is 16.0. The number of allylic oxidation sites excluding steroid dienone is 2. The number of aliphatic hydroxyl groups is 1. The topological polar surface area (TPSA) is 78.6 Å². The summed E-state index contributed by atoms with van der Waals surface area (Å²) in [6.07, 6.45) is 6.69. The lowest BCUT2D eigenvalue weighted by Gasteiger charge is -2.22. The molecule has 3 aliphatic rings. The Morgan fingerprint density at radius 1 is 1.35 bits per heavy atom. The quantitative estimate of drug-likeness (QED) is 0.908. The second-order valence-corrected chi connectivity index (χ2v) is 6.93. The maximum Gasteiger partial charge on any atom is 0.190 e. The van der Waals surface area contributed by atoms with E-state index in [9.17, 15) is 5.11 Å². The molecule has 0 amide bonds. The molecule has 23 heavy (non-hydrogen) atoms. The van der Waals surface area contributed by atoms with Crippen LogP contribution in [-0.2, 0) is 20.8 Å². The van der Waals surface area contributed by atoms with Crippen molar-refractivity contribution < 1.29 is 19.3 Å². The normalized spacial score (nSPS) is 36.0. The van der Waals surface area contributed by atoms with Crippen molar-refractivity contribution in [3.8, 4) is 0 Å². The summed E-state index contributed by atoms with van der Waals surface area (Å²) >= 11 is 0. The molecule has 0 bridgehead atoms. The van der Waals surface area contributed by atoms with E-state index in [1.165, 1.54) is 18.4 Å². The maximum atomic E-state index is 10.4. The molecule has 1 aromatic heterocycles. The number of hydrogen-bond acceptors (Lipinski definition) is 6. The zero-order valence-corrected chi connectivity index (χ0v) is 13.5. The van der Waals surface area contributed by atoms with E-state index in [1.54, 1.807) is 4.68 Å². The Labute approximate surface area is 135 Å². The van der Waals surface area contributed by atoms with Gasteiger partial charge in [-0.3, -0.25) is 0 Å². The summed E-state index contributed by atoms with van der Waals surface area (Å²) in [4.78, 5) is 0. The minimum atomic E-state index is -0.733. The molecule has 0 aromatic carbocycles. The van der Waals surface area contributed by atoms with Gasteiger partial charge in [0.2, 0.25) is 0 Å². The number of aliphatic hydroxyl groups excluding tert-OH is 1. The van der Waals surface area contributed by atoms with Gasteiger partial charge in [-0.25, -0.2) is 4.68 Å². The molecule has 1 N–H and O–H groups in total. The van der Waals surface area contributed by atoms with Gasteiger partial charge in [-0.2, -0.15) is 0 Å². The van der Waals surface area contributed by atoms with Gasteiger partial charge in [-0.05, 0) is 45.1 Å². The summed E-state index contributed by atoms with van der Waals surface area (Å²) in [6, 6.07) is 0. The summed E-state index contributed by atoms with van der Waals surface area (Å²) in [7, 11) is 0. The third-order valence-corrected chi connectivity index (χ3v) is 4.64. The Balaban J connectivity index is 1.42. The molecule has 2 aliphatic heterocycles. The predicted molar refractivity (Wildman–Crippen MR) is 81.2 cm³/mol. The van der Waals surface area contributed by atoms with Gasteiger partial charge in [0.1, 0.15) is 24.0 Å². The first-order chi connectivity index (χ1) is 11.0. The van der Waals surface area contributed by atoms with Gasteiger partial charge in [0.15, 0.2) is 12.1 Å². The molecule has 4 atom stereocenters. The number of ether oxygens (including phenoxy) is 3. The molecule has 0 spiro atoms. The third kappa shape index (κ3) is 2.94. The van der Waals surface area contributed by atoms with Crippen LogP contribution in [0.15, 0.2) is 12.3 Å². The van der Waals surface area contributed by atoms with Crippen molar-refractivity contribution >= 4 is 5.57 Å². The highest BCUT2D eigenvalue weighted by Crippen LogP contribution is 2.37. The summed E-state index contributed by atoms with van der Waals surface area (Å²) in [5.41, 5.74) is 2.19. The Morgan fingerprint density at radius 2 is 2.22 bits per heavy atom. The van der Waals surface area contributed by atoms with Crippen LogP contribution in [0, 0.1) is 0 Å². The van der Waals surface area contributed by atoms with Crippen molar-refractivity contribution in [3.63, 3.8) is 0 Å². The molecule has 2 fully saturated rings. The smallest absolute Gasteiger partial charge is 0.190 e. The molecular weight excluding hydrogens is 298 g/mol. The number of nitrogens with zero attached hydrogens (tertiary/aromatic N) is 3. The second kappa shape index (κ2) is 5.66. The molecule has 0 saturated carbocycles. The molecule has 7 nitrogen and oxygen atoms in total. The minimum Gasteiger partial charge on any atom is -0.387 e. The van der Waals surface area contributed by atoms with Gasteiger partial charge < -0.3 is 19.3 Å². The fourth-order valence-electron chi connectivity index (χ4n) is 3.50. The summed E-state index contributed by atoms with van der Waals surface area (Å²) in [6.45, 7) is 4.07. The SMILES string of the molecule is CC1(C)O[C@H]2O[C@H](Cn3cc(C4=CCCCC4)nn3)[C@H](O)[C@H]2O1. The molecule has 1 aromatic rings. The zero-order valence-electron chi connectivity index (χ0n) is 13.5. The molecule has 4 rings (SSSR count). The van der Waals surface area contributed by atoms with Crippen molar-refractivity contribution in [2.24, 2.45) is 0 Å². The maximum absolute atomic E-state index is 10.4. The van der Waals surface area contributed by atoms with Crippen LogP contribution in [0.5, 0.6) is 0 Å². The average Bonchev–Trinajstić information content (AvgIpc) is 3.17. The second-order valence-electron chi connectivity index (χ2n) is 6.93. The summed E-state index contributed by atoms with van der Waals surface area (Å²) < 4.78 is 18.9. The van der Waals surface area contributed by atoms with Gasteiger partial charge in [0.25, 0.3) is 0 Å². The molecule has 2 saturated heterocycles. The Morgan fingerprint density at radius 3 is 2.96 bits per heavy atom. The van der Waals surface area contributed by atoms with Crippen LogP contribution in [0.3, 0.4) is 0 Å². The van der Waals surface area contributed by atoms with E-state index in [1.807, 2.05) is 20.0 Å². The Hall–Kier alpha value is -1.28. The first kappa shape index (κ1) is 15.3. The molecular formula is C16H23N3O4. The number of rotatable bonds is 3. The van der Waals surface area contributed by atoms with E-state index < -0.39 is 30.4 Å². The van der Waals surface area contributed by atoms with Gasteiger partial charge in [-0.15, -0.1) is 5.10 Å². The number of hydrogen-bond donors (Lipinski definition) is 1. The highest BCUT2D eigenvalue weighted by Gasteiger charge is 2.54. The standard InChI is InChI=1S/C16H23N3O4/c1-16(2)22-14-13(20)12(21-15(14)23-16)9-19-8-11(17-18-19)10-6-4-3-5-7-10/h6,8,12-15,20H,3-5,7,9H2,1-2H3/t12-,13+,14-,15-/m1/s1. The van der Waals surface area contributed by atoms with E-state index in [0.29, 0.717) is 6.54 Å². The first-order valence-electron chi connectivity index (χ1n) is 8.30. The molecule has 7 heteroatoms. The number of aromatic nitrogens is 3. The summed E-state index contributed by atoms with van der Waals surface area (Å²) in [5.74, 6) is -0.713. The molecule has 3 heterocycles. The lowest BCUT2D eigenvalue weighted by molar-refractivity contribution is -0.216. The van der Waals surface area contributed by atoms with Crippen LogP contribution in [0.1, 0.15) is 45.2 Å². The van der Waals surface area contributed by atoms with Crippen molar-refractivity contribution in [2.75, 3.05) is 0 Å². The van der Waals surface area contributed by atoms with Crippen molar-refractivity contribution in [2.45, 2.75) is 76.5 Å². The van der Waals surface area contributed by atoms with Crippen molar-refractivity contribution in [1.29, 1.82) is 0 Å². The molecule has 0 radical (unpaired) electrons. The predicted octanol–water partition coefficient (Wildman–Crippen LogP) is 1.47. The van der Waals surface area contributed by atoms with E-state index in [0.717, 1.165) is 18.5 Å². The van der Waals surface area contributed by atoms with E-state index in [4.69, 9.17) is 14.2 Å². The van der Waals surface area contributed by atoms with Crippen LogP contribution in [0.4, 0.5) is 0 Å². The minimum absolute atomic E-state index is 0.406. The van der Waals surface area contributed by atoms with E-state index in [2.05, 4.69) is 16.4 Å². The monoisotopic (exact) mass is 321 g/mol. The van der Waals surface area contributed by atoms with Gasteiger partial charge in [0, 0.05) is 0 Å². The Bertz CT molecular complexity index is 612. The van der Waals surface area contributed by atoms with Crippen LogP contribution in [0.2, 0.25) is 0 Å². The van der Waals surface area contributed by atoms with Crippen LogP contribution >= 0.6 is 0 Å². The van der Waals surface area contributed by atoms with Crippen molar-refractivity contribution in [1.82, 2.24) is 15.0 Å². The third-order valence-electron chi connectivity index (χ3n) is 4.64. The van der Waals surface area contributed by atoms with Gasteiger partial charge in [0.05, 0.1) is 12.7 Å². The fraction of sp³-hybridized carbons (Fsp3) is 0.750. The first-order valence-corrected chi connectivity index (χ1v) is 8.30. The summed E-state index contributed by atoms with van der Waals surface area (Å²) in [5, 5.41) is 18.8. The fourth-order valence-corrected chi connectivity index (χ4v) is 3.50. The lowest BCUT2D eigenvalue weighted by atomic mass is 9.98. The van der Waals surface area contributed by atoms with Crippen LogP contribution < -0.4 is 0 Å². The largest absolute Gasteiger partial charge is 0.387 e. The van der Waals surface area contributed by atoms with Crippen molar-refractivity contribution in [3.05, 3.63) is 18.0 Å². The lowest BCUT2D eigenvalue weighted by Crippen LogP contribution is -2.36. The average molecular weight is 321 g/mol. The molecule has 1 aliphatic carbocycles. The van der Waals surface area contributed by atoms with Crippen LogP contribution in [-0.4, -0.2) is 50.5 Å². The number of fused-ring (bicyclic) bond motifs is 1. The molecule has 126 valence electrons. The Kier molecular flexibility index (Phi) is 3.76. The van der Waals surface area contributed by atoms with E-state index >= 15 is 0 Å². The highest BCUT2D eigenvalue weighted by atomic mass is 16.8. The van der Waals surface area contributed by atoms with Crippen LogP contribution in [0.25, 0.3) is 5.57 Å².